The number of ether oxygens (including phenoxy) is 1. The van der Waals surface area contributed by atoms with Crippen molar-refractivity contribution in [3.63, 3.8) is 0 Å². The van der Waals surface area contributed by atoms with Crippen molar-refractivity contribution >= 4 is 34.0 Å². The van der Waals surface area contributed by atoms with Crippen molar-refractivity contribution < 1.29 is 9.53 Å². The fraction of sp³-hybridized carbons (Fsp3) is 0.148. The maximum Gasteiger partial charge on any atom is 0.344 e. The Labute approximate surface area is 191 Å². The van der Waals surface area contributed by atoms with E-state index in [1.54, 1.807) is 4.57 Å². The van der Waals surface area contributed by atoms with E-state index in [0.29, 0.717) is 22.6 Å². The van der Waals surface area contributed by atoms with E-state index < -0.39 is 5.97 Å². The summed E-state index contributed by atoms with van der Waals surface area (Å²) in [4.78, 5) is 22.7. The first kappa shape index (κ1) is 20.7. The number of rotatable bonds is 5. The van der Waals surface area contributed by atoms with Crippen LogP contribution in [0, 0.1) is 0 Å². The summed E-state index contributed by atoms with van der Waals surface area (Å²) in [7, 11) is 0. The van der Waals surface area contributed by atoms with Crippen molar-refractivity contribution in [1.29, 1.82) is 0 Å². The topological polar surface area (TPSA) is 83.0 Å². The van der Waals surface area contributed by atoms with E-state index in [2.05, 4.69) is 26.0 Å². The number of nitrogen functional groups attached to an aromatic ring is 1. The fourth-order valence-corrected chi connectivity index (χ4v) is 3.93. The smallest absolute Gasteiger partial charge is 0.344 e. The van der Waals surface area contributed by atoms with Gasteiger partial charge in [0.05, 0.1) is 11.0 Å². The molecular weight excluding hydrogens is 412 g/mol. The molecule has 164 valence electrons. The zero-order valence-electron chi connectivity index (χ0n) is 18.5. The maximum atomic E-state index is 13.2. The zero-order chi connectivity index (χ0) is 22.9. The van der Waals surface area contributed by atoms with E-state index in [9.17, 15) is 4.79 Å². The molecule has 0 unspecified atom stereocenters. The molecule has 0 bridgehead atoms. The van der Waals surface area contributed by atoms with Crippen LogP contribution in [0.1, 0.15) is 41.3 Å². The van der Waals surface area contributed by atoms with E-state index in [1.165, 1.54) is 5.56 Å². The summed E-state index contributed by atoms with van der Waals surface area (Å²) in [6.07, 6.45) is 0. The van der Waals surface area contributed by atoms with E-state index >= 15 is 0 Å². The lowest BCUT2D eigenvalue weighted by molar-refractivity contribution is 0.0476. The summed E-state index contributed by atoms with van der Waals surface area (Å²) in [5, 5.41) is 0. The van der Waals surface area contributed by atoms with Crippen molar-refractivity contribution in [3.05, 3.63) is 95.6 Å². The molecule has 0 aliphatic heterocycles. The van der Waals surface area contributed by atoms with E-state index in [-0.39, 0.29) is 18.0 Å². The molecule has 0 aliphatic carbocycles. The van der Waals surface area contributed by atoms with Gasteiger partial charge in [0.15, 0.2) is 5.65 Å². The monoisotopic (exact) mass is 436 g/mol. The number of carbonyl (C=O) groups is 1. The quantitative estimate of drug-likeness (QED) is 0.361. The molecule has 2 N–H and O–H groups in total. The second-order valence-corrected chi connectivity index (χ2v) is 8.29. The molecule has 0 spiro atoms. The maximum absolute atomic E-state index is 13.2. The number of nitrogens with zero attached hydrogens (tertiary/aromatic N) is 3. The third-order valence-corrected chi connectivity index (χ3v) is 5.73. The van der Waals surface area contributed by atoms with Crippen LogP contribution in [0.5, 0.6) is 0 Å². The van der Waals surface area contributed by atoms with Crippen molar-refractivity contribution in [3.8, 4) is 5.69 Å². The molecule has 0 saturated carbocycles. The van der Waals surface area contributed by atoms with Crippen LogP contribution >= 0.6 is 0 Å². The Morgan fingerprint density at radius 3 is 2.21 bits per heavy atom. The van der Waals surface area contributed by atoms with Crippen LogP contribution in [0.2, 0.25) is 0 Å². The lowest BCUT2D eigenvalue weighted by Gasteiger charge is -2.10. The lowest BCUT2D eigenvalue weighted by atomic mass is 10.0. The van der Waals surface area contributed by atoms with Gasteiger partial charge in [-0.05, 0) is 41.3 Å². The minimum atomic E-state index is -0.525. The van der Waals surface area contributed by atoms with Crippen molar-refractivity contribution in [1.82, 2.24) is 14.5 Å². The van der Waals surface area contributed by atoms with Crippen LogP contribution in [-0.2, 0) is 11.3 Å². The third-order valence-electron chi connectivity index (χ3n) is 5.73. The minimum absolute atomic E-state index is 0.149. The van der Waals surface area contributed by atoms with Gasteiger partial charge < -0.3 is 10.5 Å². The fourth-order valence-electron chi connectivity index (χ4n) is 3.93. The van der Waals surface area contributed by atoms with Crippen LogP contribution < -0.4 is 5.73 Å². The second kappa shape index (κ2) is 8.39. The van der Waals surface area contributed by atoms with Gasteiger partial charge in [0.1, 0.15) is 23.5 Å². The molecule has 6 heteroatoms. The predicted molar refractivity (Wildman–Crippen MR) is 130 cm³/mol. The Balaban J connectivity index is 1.65. The Morgan fingerprint density at radius 1 is 0.909 bits per heavy atom. The molecule has 5 aromatic rings. The molecular formula is C27H24N4O2. The van der Waals surface area contributed by atoms with Crippen LogP contribution in [0.15, 0.2) is 78.9 Å². The summed E-state index contributed by atoms with van der Waals surface area (Å²) in [6, 6.07) is 25.2. The predicted octanol–water partition coefficient (Wildman–Crippen LogP) is 5.64. The highest BCUT2D eigenvalue weighted by Gasteiger charge is 2.26. The highest BCUT2D eigenvalue weighted by Crippen LogP contribution is 2.32. The Hall–Kier alpha value is -4.19. The number of fused-ring (bicyclic) bond motifs is 2. The molecule has 5 rings (SSSR count). The summed E-state index contributed by atoms with van der Waals surface area (Å²) >= 11 is 0. The van der Waals surface area contributed by atoms with Gasteiger partial charge in [0, 0.05) is 5.69 Å². The van der Waals surface area contributed by atoms with Gasteiger partial charge in [-0.3, -0.25) is 4.57 Å². The highest BCUT2D eigenvalue weighted by atomic mass is 16.5. The first-order valence-corrected chi connectivity index (χ1v) is 10.9. The number of anilines is 1. The third kappa shape index (κ3) is 3.80. The average molecular weight is 437 g/mol. The molecule has 0 saturated heterocycles. The number of carbonyl (C=O) groups excluding carboxylic acids is 1. The number of hydrogen-bond donors (Lipinski definition) is 1. The van der Waals surface area contributed by atoms with E-state index in [1.807, 2.05) is 66.7 Å². The number of esters is 1. The second-order valence-electron chi connectivity index (χ2n) is 8.29. The van der Waals surface area contributed by atoms with E-state index in [0.717, 1.165) is 16.8 Å². The van der Waals surface area contributed by atoms with Crippen LogP contribution in [0.4, 0.5) is 5.82 Å². The first-order chi connectivity index (χ1) is 16.0. The molecule has 2 heterocycles. The van der Waals surface area contributed by atoms with Gasteiger partial charge in [0.25, 0.3) is 0 Å². The molecule has 0 amide bonds. The van der Waals surface area contributed by atoms with Gasteiger partial charge >= 0.3 is 5.97 Å². The number of nitrogens with two attached hydrogens (primary N) is 1. The molecule has 0 aliphatic rings. The van der Waals surface area contributed by atoms with Gasteiger partial charge in [-0.15, -0.1) is 0 Å². The molecule has 0 fully saturated rings. The number of aromatic nitrogens is 3. The lowest BCUT2D eigenvalue weighted by Crippen LogP contribution is -2.09. The van der Waals surface area contributed by atoms with Gasteiger partial charge in [-0.1, -0.05) is 68.4 Å². The summed E-state index contributed by atoms with van der Waals surface area (Å²) in [6.45, 7) is 4.44. The number of para-hydroxylation sites is 2. The highest BCUT2D eigenvalue weighted by molar-refractivity contribution is 6.09. The van der Waals surface area contributed by atoms with Crippen LogP contribution in [0.3, 0.4) is 0 Å². The molecule has 0 radical (unpaired) electrons. The molecule has 2 aromatic heterocycles. The summed E-state index contributed by atoms with van der Waals surface area (Å²) in [5.41, 5.74) is 12.1. The summed E-state index contributed by atoms with van der Waals surface area (Å²) < 4.78 is 7.39. The number of benzene rings is 3. The molecule has 0 atom stereocenters. The average Bonchev–Trinajstić information content (AvgIpc) is 3.12. The molecule has 6 nitrogen and oxygen atoms in total. The Morgan fingerprint density at radius 2 is 1.55 bits per heavy atom. The van der Waals surface area contributed by atoms with Crippen molar-refractivity contribution in [2.75, 3.05) is 5.73 Å². The minimum Gasteiger partial charge on any atom is -0.457 e. The van der Waals surface area contributed by atoms with Gasteiger partial charge in [-0.25, -0.2) is 14.8 Å². The van der Waals surface area contributed by atoms with Crippen LogP contribution in [-0.4, -0.2) is 20.5 Å². The zero-order valence-corrected chi connectivity index (χ0v) is 18.5. The molecule has 33 heavy (non-hydrogen) atoms. The SMILES string of the molecule is CC(C)c1ccc(-n2c(N)c(C(=O)OCc3ccccc3)c3nc4ccccc4nc32)cc1. The van der Waals surface area contributed by atoms with Crippen LogP contribution in [0.25, 0.3) is 27.9 Å². The van der Waals surface area contributed by atoms with Crippen molar-refractivity contribution in [2.24, 2.45) is 0 Å². The first-order valence-electron chi connectivity index (χ1n) is 10.9. The Kier molecular flexibility index (Phi) is 5.26. The van der Waals surface area contributed by atoms with Gasteiger partial charge in [-0.2, -0.15) is 0 Å². The number of hydrogen-bond acceptors (Lipinski definition) is 5. The van der Waals surface area contributed by atoms with E-state index in [4.69, 9.17) is 20.4 Å². The normalized spacial score (nSPS) is 11.4. The Bertz CT molecular complexity index is 1460. The van der Waals surface area contributed by atoms with Crippen molar-refractivity contribution in [2.45, 2.75) is 26.4 Å². The largest absolute Gasteiger partial charge is 0.457 e. The molecule has 3 aromatic carbocycles. The standard InChI is InChI=1S/C27H24N4O2/c1-17(2)19-12-14-20(15-13-19)31-25(28)23(27(32)33-16-18-8-4-3-5-9-18)24-26(31)30-22-11-7-6-10-21(22)29-24/h3-15,17H,16,28H2,1-2H3. The van der Waals surface area contributed by atoms with Gasteiger partial charge in [0.2, 0.25) is 0 Å². The summed E-state index contributed by atoms with van der Waals surface area (Å²) in [5.74, 6) is 0.143.